The van der Waals surface area contributed by atoms with E-state index in [0.29, 0.717) is 4.90 Å². The Morgan fingerprint density at radius 2 is 1.70 bits per heavy atom. The number of hydrogen-bond donors (Lipinski definition) is 2. The molecule has 0 aliphatic rings. The lowest BCUT2D eigenvalue weighted by atomic mass is 10.1. The molecule has 0 spiro atoms. The molecule has 0 saturated carbocycles. The van der Waals surface area contributed by atoms with Gasteiger partial charge in [0.1, 0.15) is 5.75 Å². The number of carbonyl (C=O) groups is 1. The number of para-hydroxylation sites is 1. The molecule has 1 atom stereocenters. The summed E-state index contributed by atoms with van der Waals surface area (Å²) >= 11 is 0. The highest BCUT2D eigenvalue weighted by Gasteiger charge is 2.32. The maximum atomic E-state index is 12.2. The van der Waals surface area contributed by atoms with Crippen LogP contribution in [0.25, 0.3) is 0 Å². The van der Waals surface area contributed by atoms with E-state index < -0.39 is 24.4 Å². The Morgan fingerprint density at radius 3 is 2.19 bits per heavy atom. The van der Waals surface area contributed by atoms with Gasteiger partial charge in [0.2, 0.25) is 0 Å². The molecular weight excluding hydrogens is 371 g/mol. The van der Waals surface area contributed by atoms with Crippen LogP contribution in [0.15, 0.2) is 42.5 Å². The molecule has 0 aliphatic heterocycles. The molecule has 7 nitrogen and oxygen atoms in total. The first-order valence-corrected chi connectivity index (χ1v) is 7.45. The minimum atomic E-state index is -4.87. The summed E-state index contributed by atoms with van der Waals surface area (Å²) < 4.78 is 50.8. The maximum absolute atomic E-state index is 12.2. The molecule has 0 radical (unpaired) electrons. The largest absolute Gasteiger partial charge is 0.573 e. The molecule has 0 heterocycles. The van der Waals surface area contributed by atoms with Gasteiger partial charge in [-0.15, -0.1) is 13.2 Å². The van der Waals surface area contributed by atoms with Crippen molar-refractivity contribution >= 4 is 11.8 Å². The van der Waals surface area contributed by atoms with Crippen LogP contribution in [0.2, 0.25) is 0 Å². The second-order valence-corrected chi connectivity index (χ2v) is 5.15. The number of alkyl halides is 3. The Balaban J connectivity index is 2.39. The first-order valence-electron chi connectivity index (χ1n) is 7.45. The van der Waals surface area contributed by atoms with Crippen molar-refractivity contribution in [2.24, 2.45) is 0 Å². The molecule has 0 bridgehead atoms. The van der Waals surface area contributed by atoms with Crippen LogP contribution in [0.5, 0.6) is 17.2 Å². The van der Waals surface area contributed by atoms with Gasteiger partial charge in [-0.2, -0.15) is 0 Å². The van der Waals surface area contributed by atoms with E-state index in [1.165, 1.54) is 26.4 Å². The molecule has 27 heavy (non-hydrogen) atoms. The molecule has 2 rings (SSSR count). The van der Waals surface area contributed by atoms with E-state index in [4.69, 9.17) is 9.47 Å². The fourth-order valence-electron chi connectivity index (χ4n) is 2.42. The van der Waals surface area contributed by atoms with Crippen molar-refractivity contribution in [2.45, 2.75) is 12.6 Å². The molecular formula is C17H16F3NO6. The summed E-state index contributed by atoms with van der Waals surface area (Å²) in [5.74, 6) is -0.130. The zero-order valence-corrected chi connectivity index (χ0v) is 14.2. The summed E-state index contributed by atoms with van der Waals surface area (Å²) in [6, 6.07) is 8.55. The first-order chi connectivity index (χ1) is 12.7. The smallest absolute Gasteiger partial charge is 0.493 e. The van der Waals surface area contributed by atoms with Gasteiger partial charge in [0.05, 0.1) is 19.9 Å². The lowest BCUT2D eigenvalue weighted by Crippen LogP contribution is -2.33. The standard InChI is InChI=1S/C17H16F3NO6/c1-25-13-5-3-4-12(14(13)26-2)15(22)21(16(23)24)10-6-8-11(9-7-10)27-17(18,19)20/h3-9,15,22H,1-2H3,(H,23,24). The second kappa shape index (κ2) is 8.04. The summed E-state index contributed by atoms with van der Waals surface area (Å²) in [6.45, 7) is 0. The fourth-order valence-corrected chi connectivity index (χ4v) is 2.42. The quantitative estimate of drug-likeness (QED) is 0.734. The highest BCUT2D eigenvalue weighted by Crippen LogP contribution is 2.37. The minimum Gasteiger partial charge on any atom is -0.493 e. The molecule has 146 valence electrons. The number of aliphatic hydroxyl groups is 1. The van der Waals surface area contributed by atoms with Gasteiger partial charge in [0.15, 0.2) is 17.7 Å². The predicted octanol–water partition coefficient (Wildman–Crippen LogP) is 3.78. The van der Waals surface area contributed by atoms with E-state index in [9.17, 15) is 28.2 Å². The first kappa shape index (κ1) is 20.2. The highest BCUT2D eigenvalue weighted by molar-refractivity contribution is 5.87. The van der Waals surface area contributed by atoms with Crippen molar-refractivity contribution < 1.29 is 42.4 Å². The van der Waals surface area contributed by atoms with Gasteiger partial charge in [-0.25, -0.2) is 9.69 Å². The minimum absolute atomic E-state index is 0.0746. The maximum Gasteiger partial charge on any atom is 0.573 e. The molecule has 2 aromatic rings. The Labute approximate surface area is 152 Å². The van der Waals surface area contributed by atoms with Gasteiger partial charge in [-0.3, -0.25) is 0 Å². The van der Waals surface area contributed by atoms with Crippen LogP contribution in [0, 0.1) is 0 Å². The van der Waals surface area contributed by atoms with Crippen LogP contribution in [-0.4, -0.2) is 36.9 Å². The molecule has 2 N–H and O–H groups in total. The van der Waals surface area contributed by atoms with Crippen molar-refractivity contribution in [2.75, 3.05) is 19.1 Å². The van der Waals surface area contributed by atoms with Crippen LogP contribution in [-0.2, 0) is 0 Å². The highest BCUT2D eigenvalue weighted by atomic mass is 19.4. The zero-order chi connectivity index (χ0) is 20.2. The molecule has 1 unspecified atom stereocenters. The number of hydrogen-bond acceptors (Lipinski definition) is 5. The van der Waals surface area contributed by atoms with Crippen molar-refractivity contribution in [3.8, 4) is 17.2 Å². The Kier molecular flexibility index (Phi) is 6.01. The van der Waals surface area contributed by atoms with E-state index in [1.54, 1.807) is 6.07 Å². The van der Waals surface area contributed by atoms with E-state index in [1.807, 2.05) is 0 Å². The zero-order valence-electron chi connectivity index (χ0n) is 14.2. The van der Waals surface area contributed by atoms with Crippen molar-refractivity contribution in [3.05, 3.63) is 48.0 Å². The monoisotopic (exact) mass is 387 g/mol. The molecule has 1 amide bonds. The second-order valence-electron chi connectivity index (χ2n) is 5.15. The van der Waals surface area contributed by atoms with Crippen LogP contribution < -0.4 is 19.1 Å². The third kappa shape index (κ3) is 4.73. The summed E-state index contributed by atoms with van der Waals surface area (Å²) in [4.78, 5) is 12.2. The number of aliphatic hydroxyl groups excluding tert-OH is 1. The van der Waals surface area contributed by atoms with E-state index in [2.05, 4.69) is 4.74 Å². The van der Waals surface area contributed by atoms with Gasteiger partial charge >= 0.3 is 12.5 Å². The number of carboxylic acid groups (broad SMARTS) is 1. The van der Waals surface area contributed by atoms with E-state index in [0.717, 1.165) is 24.3 Å². The lowest BCUT2D eigenvalue weighted by Gasteiger charge is -2.27. The van der Waals surface area contributed by atoms with E-state index in [-0.39, 0.29) is 22.7 Å². The van der Waals surface area contributed by atoms with Crippen molar-refractivity contribution in [1.29, 1.82) is 0 Å². The summed E-state index contributed by atoms with van der Waals surface area (Å²) in [5.41, 5.74) is 0.0178. The molecule has 0 fully saturated rings. The van der Waals surface area contributed by atoms with Gasteiger partial charge in [0.25, 0.3) is 0 Å². The van der Waals surface area contributed by atoms with Gasteiger partial charge in [0, 0.05) is 5.56 Å². The number of halogens is 3. The Morgan fingerprint density at radius 1 is 1.07 bits per heavy atom. The lowest BCUT2D eigenvalue weighted by molar-refractivity contribution is -0.274. The van der Waals surface area contributed by atoms with Gasteiger partial charge < -0.3 is 24.4 Å². The number of methoxy groups -OCH3 is 2. The number of amides is 1. The third-order valence-corrected chi connectivity index (χ3v) is 3.51. The summed E-state index contributed by atoms with van der Waals surface area (Å²) in [6.07, 6.45) is -8.11. The number of rotatable bonds is 6. The topological polar surface area (TPSA) is 88.5 Å². The molecule has 10 heteroatoms. The molecule has 2 aromatic carbocycles. The van der Waals surface area contributed by atoms with Crippen LogP contribution in [0.1, 0.15) is 11.8 Å². The van der Waals surface area contributed by atoms with E-state index >= 15 is 0 Å². The van der Waals surface area contributed by atoms with Crippen LogP contribution >= 0.6 is 0 Å². The Hall–Kier alpha value is -3.14. The third-order valence-electron chi connectivity index (χ3n) is 3.51. The number of nitrogens with zero attached hydrogens (tertiary/aromatic N) is 1. The average Bonchev–Trinajstić information content (AvgIpc) is 2.60. The van der Waals surface area contributed by atoms with Crippen molar-refractivity contribution in [1.82, 2.24) is 0 Å². The molecule has 0 saturated heterocycles. The number of benzene rings is 2. The predicted molar refractivity (Wildman–Crippen MR) is 88.1 cm³/mol. The summed E-state index contributed by atoms with van der Waals surface area (Å²) in [5, 5.41) is 20.1. The van der Waals surface area contributed by atoms with Crippen molar-refractivity contribution in [3.63, 3.8) is 0 Å². The van der Waals surface area contributed by atoms with Crippen LogP contribution in [0.3, 0.4) is 0 Å². The summed E-state index contributed by atoms with van der Waals surface area (Å²) in [7, 11) is 2.70. The average molecular weight is 387 g/mol. The normalized spacial score (nSPS) is 12.2. The molecule has 0 aliphatic carbocycles. The SMILES string of the molecule is COc1cccc(C(O)N(C(=O)O)c2ccc(OC(F)(F)F)cc2)c1OC. The van der Waals surface area contributed by atoms with Gasteiger partial charge in [-0.1, -0.05) is 12.1 Å². The number of anilines is 1. The molecule has 0 aromatic heterocycles. The fraction of sp³-hybridized carbons (Fsp3) is 0.235. The number of ether oxygens (including phenoxy) is 3. The Bertz CT molecular complexity index is 794. The van der Waals surface area contributed by atoms with Gasteiger partial charge in [-0.05, 0) is 30.3 Å². The van der Waals surface area contributed by atoms with Crippen LogP contribution in [0.4, 0.5) is 23.7 Å².